The van der Waals surface area contributed by atoms with Crippen molar-refractivity contribution < 1.29 is 18.7 Å². The van der Waals surface area contributed by atoms with Crippen molar-refractivity contribution in [2.24, 2.45) is 0 Å². The lowest BCUT2D eigenvalue weighted by molar-refractivity contribution is -0.114. The molecule has 0 saturated heterocycles. The molecule has 0 radical (unpaired) electrons. The molecule has 0 aliphatic heterocycles. The first-order valence-corrected chi connectivity index (χ1v) is 10.0. The van der Waals surface area contributed by atoms with E-state index in [9.17, 15) is 9.59 Å². The first-order valence-electron chi connectivity index (χ1n) is 9.16. The number of benzene rings is 2. The van der Waals surface area contributed by atoms with E-state index >= 15 is 0 Å². The Morgan fingerprint density at radius 1 is 1.10 bits per heavy atom. The molecule has 0 bridgehead atoms. The molecule has 2 aromatic carbocycles. The number of carbonyl (C=O) groups is 2. The summed E-state index contributed by atoms with van der Waals surface area (Å²) in [5.74, 6) is 0.465. The number of nitrogens with zero attached hydrogens (tertiary/aromatic N) is 1. The Labute approximate surface area is 176 Å². The minimum Gasteiger partial charge on any atom is -0.497 e. The second-order valence-corrected chi connectivity index (χ2v) is 7.53. The summed E-state index contributed by atoms with van der Waals surface area (Å²) in [5.41, 5.74) is 3.69. The van der Waals surface area contributed by atoms with Crippen LogP contribution in [0.2, 0.25) is 0 Å². The number of carbonyl (C=O) groups excluding carboxylic acids is 2. The second-order valence-electron chi connectivity index (χ2n) is 6.67. The zero-order chi connectivity index (χ0) is 21.3. The van der Waals surface area contributed by atoms with Crippen molar-refractivity contribution in [1.29, 1.82) is 0 Å². The van der Waals surface area contributed by atoms with Crippen LogP contribution in [0, 0.1) is 6.92 Å². The van der Waals surface area contributed by atoms with Crippen molar-refractivity contribution in [1.82, 2.24) is 4.98 Å². The van der Waals surface area contributed by atoms with E-state index in [1.165, 1.54) is 18.3 Å². The normalized spacial score (nSPS) is 10.8. The maximum absolute atomic E-state index is 12.7. The molecule has 0 aliphatic carbocycles. The van der Waals surface area contributed by atoms with E-state index in [2.05, 4.69) is 15.6 Å². The van der Waals surface area contributed by atoms with Gasteiger partial charge >= 0.3 is 0 Å². The molecular weight excluding hydrogens is 402 g/mol. The average Bonchev–Trinajstić information content (AvgIpc) is 3.32. The zero-order valence-electron chi connectivity index (χ0n) is 16.6. The molecule has 8 heteroatoms. The SMILES string of the molecule is COc1ccc2oc(C(=O)Nc3nc(-c4ccc(NC(C)=O)cc4)cs3)c(C)c2c1. The number of thiazole rings is 1. The number of methoxy groups -OCH3 is 1. The predicted molar refractivity (Wildman–Crippen MR) is 117 cm³/mol. The van der Waals surface area contributed by atoms with Crippen molar-refractivity contribution in [3.05, 3.63) is 59.2 Å². The molecule has 2 N–H and O–H groups in total. The first-order chi connectivity index (χ1) is 14.4. The Bertz CT molecular complexity index is 1240. The highest BCUT2D eigenvalue weighted by Gasteiger charge is 2.19. The van der Waals surface area contributed by atoms with Crippen LogP contribution in [0.25, 0.3) is 22.2 Å². The summed E-state index contributed by atoms with van der Waals surface area (Å²) >= 11 is 1.33. The van der Waals surface area contributed by atoms with Crippen LogP contribution in [-0.4, -0.2) is 23.9 Å². The van der Waals surface area contributed by atoms with Crippen LogP contribution in [0.3, 0.4) is 0 Å². The lowest BCUT2D eigenvalue weighted by Gasteiger charge is -2.03. The summed E-state index contributed by atoms with van der Waals surface area (Å²) in [4.78, 5) is 28.4. The van der Waals surface area contributed by atoms with Gasteiger partial charge < -0.3 is 14.5 Å². The molecule has 0 spiro atoms. The van der Waals surface area contributed by atoms with Crippen LogP contribution in [0.15, 0.2) is 52.3 Å². The first kappa shape index (κ1) is 19.7. The Kier molecular flexibility index (Phi) is 5.24. The van der Waals surface area contributed by atoms with Crippen LogP contribution in [0.4, 0.5) is 10.8 Å². The molecule has 0 atom stereocenters. The number of furan rings is 1. The fourth-order valence-corrected chi connectivity index (χ4v) is 3.80. The molecule has 0 fully saturated rings. The van der Waals surface area contributed by atoms with Gasteiger partial charge in [-0.1, -0.05) is 12.1 Å². The van der Waals surface area contributed by atoms with Gasteiger partial charge in [0.15, 0.2) is 10.9 Å². The highest BCUT2D eigenvalue weighted by Crippen LogP contribution is 2.30. The van der Waals surface area contributed by atoms with E-state index < -0.39 is 0 Å². The number of ether oxygens (including phenoxy) is 1. The van der Waals surface area contributed by atoms with Crippen LogP contribution >= 0.6 is 11.3 Å². The van der Waals surface area contributed by atoms with Gasteiger partial charge in [0.05, 0.1) is 12.8 Å². The van der Waals surface area contributed by atoms with Crippen molar-refractivity contribution in [3.8, 4) is 17.0 Å². The van der Waals surface area contributed by atoms with Gasteiger partial charge in [0.2, 0.25) is 5.91 Å². The summed E-state index contributed by atoms with van der Waals surface area (Å²) in [6.45, 7) is 3.30. The third-order valence-electron chi connectivity index (χ3n) is 4.58. The van der Waals surface area contributed by atoms with Crippen molar-refractivity contribution >= 4 is 44.9 Å². The quantitative estimate of drug-likeness (QED) is 0.468. The number of amides is 2. The third-order valence-corrected chi connectivity index (χ3v) is 5.33. The van der Waals surface area contributed by atoms with Gasteiger partial charge in [-0.2, -0.15) is 0 Å². The number of fused-ring (bicyclic) bond motifs is 1. The Morgan fingerprint density at radius 2 is 1.87 bits per heavy atom. The molecule has 4 aromatic rings. The minimum absolute atomic E-state index is 0.124. The average molecular weight is 421 g/mol. The van der Waals surface area contributed by atoms with E-state index in [1.807, 2.05) is 30.5 Å². The van der Waals surface area contributed by atoms with Gasteiger partial charge in [-0.05, 0) is 37.3 Å². The number of nitrogens with one attached hydrogen (secondary N) is 2. The number of hydrogen-bond acceptors (Lipinski definition) is 6. The summed E-state index contributed by atoms with van der Waals surface area (Å²) in [7, 11) is 1.59. The third kappa shape index (κ3) is 3.90. The molecular formula is C22H19N3O4S. The van der Waals surface area contributed by atoms with Crippen molar-refractivity contribution in [2.45, 2.75) is 13.8 Å². The fraction of sp³-hybridized carbons (Fsp3) is 0.136. The lowest BCUT2D eigenvalue weighted by Crippen LogP contribution is -2.11. The van der Waals surface area contributed by atoms with Gasteiger partial charge in [0, 0.05) is 34.5 Å². The molecule has 4 rings (SSSR count). The standard InChI is InChI=1S/C22H19N3O4S/c1-12-17-10-16(28-3)8-9-19(17)29-20(12)21(27)25-22-24-18(11-30-22)14-4-6-15(7-5-14)23-13(2)26/h4-11H,1-3H3,(H,23,26)(H,24,25,27). The molecule has 2 heterocycles. The maximum atomic E-state index is 12.7. The van der Waals surface area contributed by atoms with Gasteiger partial charge in [0.1, 0.15) is 11.3 Å². The second kappa shape index (κ2) is 8.00. The Balaban J connectivity index is 1.52. The molecule has 2 aromatic heterocycles. The van der Waals surface area contributed by atoms with E-state index in [4.69, 9.17) is 9.15 Å². The molecule has 0 aliphatic rings. The highest BCUT2D eigenvalue weighted by molar-refractivity contribution is 7.14. The Hall–Kier alpha value is -3.65. The molecule has 0 saturated carbocycles. The molecule has 2 amide bonds. The topological polar surface area (TPSA) is 93.5 Å². The smallest absolute Gasteiger partial charge is 0.293 e. The van der Waals surface area contributed by atoms with E-state index in [-0.39, 0.29) is 17.6 Å². The minimum atomic E-state index is -0.357. The number of hydrogen-bond donors (Lipinski definition) is 2. The zero-order valence-corrected chi connectivity index (χ0v) is 17.4. The van der Waals surface area contributed by atoms with Gasteiger partial charge in [-0.15, -0.1) is 11.3 Å². The number of aryl methyl sites for hydroxylation is 1. The van der Waals surface area contributed by atoms with Gasteiger partial charge in [-0.25, -0.2) is 4.98 Å². The molecule has 152 valence electrons. The van der Waals surface area contributed by atoms with E-state index in [0.29, 0.717) is 22.2 Å². The van der Waals surface area contributed by atoms with E-state index in [0.717, 1.165) is 22.2 Å². The molecule has 30 heavy (non-hydrogen) atoms. The van der Waals surface area contributed by atoms with Gasteiger partial charge in [-0.3, -0.25) is 14.9 Å². The summed E-state index contributed by atoms with van der Waals surface area (Å²) in [5, 5.41) is 8.69. The number of anilines is 2. The fourth-order valence-electron chi connectivity index (χ4n) is 3.09. The van der Waals surface area contributed by atoms with Crippen LogP contribution < -0.4 is 15.4 Å². The highest BCUT2D eigenvalue weighted by atomic mass is 32.1. The maximum Gasteiger partial charge on any atom is 0.293 e. The summed E-state index contributed by atoms with van der Waals surface area (Å²) in [6, 6.07) is 12.8. The van der Waals surface area contributed by atoms with E-state index in [1.54, 1.807) is 31.4 Å². The monoisotopic (exact) mass is 421 g/mol. The van der Waals surface area contributed by atoms with Crippen molar-refractivity contribution in [2.75, 3.05) is 17.7 Å². The number of rotatable bonds is 5. The number of aromatic nitrogens is 1. The van der Waals surface area contributed by atoms with Gasteiger partial charge in [0.25, 0.3) is 5.91 Å². The largest absolute Gasteiger partial charge is 0.497 e. The lowest BCUT2D eigenvalue weighted by atomic mass is 10.1. The van der Waals surface area contributed by atoms with Crippen LogP contribution in [0.1, 0.15) is 23.0 Å². The van der Waals surface area contributed by atoms with Crippen LogP contribution in [0.5, 0.6) is 5.75 Å². The molecule has 7 nitrogen and oxygen atoms in total. The molecule has 0 unspecified atom stereocenters. The summed E-state index contributed by atoms with van der Waals surface area (Å²) < 4.78 is 11.0. The Morgan fingerprint density at radius 3 is 2.57 bits per heavy atom. The summed E-state index contributed by atoms with van der Waals surface area (Å²) in [6.07, 6.45) is 0. The van der Waals surface area contributed by atoms with Crippen molar-refractivity contribution in [3.63, 3.8) is 0 Å². The van der Waals surface area contributed by atoms with Crippen LogP contribution in [-0.2, 0) is 4.79 Å². The predicted octanol–water partition coefficient (Wildman–Crippen LogP) is 5.08.